The number of furan rings is 1. The van der Waals surface area contributed by atoms with Crippen LogP contribution in [0.25, 0.3) is 11.5 Å². The summed E-state index contributed by atoms with van der Waals surface area (Å²) in [6.45, 7) is 1.82. The lowest BCUT2D eigenvalue weighted by atomic mass is 10.1. The minimum absolute atomic E-state index is 0.0522. The van der Waals surface area contributed by atoms with E-state index in [1.54, 1.807) is 24.3 Å². The molecule has 1 aromatic carbocycles. The number of esters is 1. The van der Waals surface area contributed by atoms with Crippen LogP contribution < -0.4 is 11.1 Å². The maximum atomic E-state index is 12.5. The number of aryl methyl sites for hydroxylation is 1. The third-order valence-corrected chi connectivity index (χ3v) is 4.04. The number of carbonyl (C=O) groups is 2. The summed E-state index contributed by atoms with van der Waals surface area (Å²) in [5, 5.41) is 2.66. The highest BCUT2D eigenvalue weighted by Gasteiger charge is 2.38. The van der Waals surface area contributed by atoms with Crippen LogP contribution in [0.1, 0.15) is 38.2 Å². The zero-order chi connectivity index (χ0) is 18.3. The zero-order valence-electron chi connectivity index (χ0n) is 13.7. The van der Waals surface area contributed by atoms with Crippen LogP contribution in [0.2, 0.25) is 0 Å². The fraction of sp³-hybridized carbons (Fsp3) is 0.111. The van der Waals surface area contributed by atoms with Gasteiger partial charge in [-0.2, -0.15) is 0 Å². The highest BCUT2D eigenvalue weighted by Crippen LogP contribution is 2.34. The van der Waals surface area contributed by atoms with Gasteiger partial charge in [0.25, 0.3) is 5.91 Å². The number of carbonyl (C=O) groups excluding carboxylic acids is 2. The number of hydrogen-bond acceptors (Lipinski definition) is 7. The van der Waals surface area contributed by atoms with Gasteiger partial charge in [-0.3, -0.25) is 4.79 Å². The minimum Gasteiger partial charge on any atom is -0.463 e. The second-order valence-electron chi connectivity index (χ2n) is 5.74. The van der Waals surface area contributed by atoms with Crippen LogP contribution in [-0.2, 0) is 4.74 Å². The standard InChI is InChI=1S/C18H14N4O4/c1-9-5-2-3-6-10(9)15(23)22-16-14-12(17(24)26-16)13(20-18(19)21-14)11-7-4-8-25-11/h2-8,16H,1H3,(H,22,23)(H2,19,20,21). The third-order valence-electron chi connectivity index (χ3n) is 4.04. The summed E-state index contributed by atoms with van der Waals surface area (Å²) in [6.07, 6.45) is 0.404. The molecule has 3 aromatic rings. The summed E-state index contributed by atoms with van der Waals surface area (Å²) in [7, 11) is 0. The van der Waals surface area contributed by atoms with Crippen LogP contribution in [-0.4, -0.2) is 21.8 Å². The summed E-state index contributed by atoms with van der Waals surface area (Å²) in [6, 6.07) is 10.4. The average molecular weight is 350 g/mol. The molecule has 1 aliphatic rings. The molecule has 3 heterocycles. The van der Waals surface area contributed by atoms with Gasteiger partial charge in [-0.1, -0.05) is 18.2 Å². The van der Waals surface area contributed by atoms with E-state index >= 15 is 0 Å². The molecular weight excluding hydrogens is 336 g/mol. The summed E-state index contributed by atoms with van der Waals surface area (Å²) >= 11 is 0. The molecule has 1 unspecified atom stereocenters. The van der Waals surface area contributed by atoms with Crippen molar-refractivity contribution >= 4 is 17.8 Å². The molecule has 4 rings (SSSR count). The summed E-state index contributed by atoms with van der Waals surface area (Å²) in [5.41, 5.74) is 7.61. The number of anilines is 1. The molecule has 0 saturated heterocycles. The van der Waals surface area contributed by atoms with Gasteiger partial charge < -0.3 is 20.2 Å². The molecule has 26 heavy (non-hydrogen) atoms. The molecule has 0 spiro atoms. The highest BCUT2D eigenvalue weighted by atomic mass is 16.6. The lowest BCUT2D eigenvalue weighted by molar-refractivity contribution is 0.0297. The van der Waals surface area contributed by atoms with Crippen LogP contribution in [0, 0.1) is 6.92 Å². The molecule has 1 amide bonds. The van der Waals surface area contributed by atoms with Crippen molar-refractivity contribution in [1.82, 2.24) is 15.3 Å². The quantitative estimate of drug-likeness (QED) is 0.695. The van der Waals surface area contributed by atoms with Crippen LogP contribution in [0.4, 0.5) is 5.95 Å². The molecule has 1 aliphatic heterocycles. The zero-order valence-corrected chi connectivity index (χ0v) is 13.7. The predicted molar refractivity (Wildman–Crippen MR) is 90.9 cm³/mol. The molecule has 130 valence electrons. The van der Waals surface area contributed by atoms with Crippen molar-refractivity contribution < 1.29 is 18.7 Å². The van der Waals surface area contributed by atoms with E-state index in [0.717, 1.165) is 5.56 Å². The first-order chi connectivity index (χ1) is 12.5. The van der Waals surface area contributed by atoms with Crippen molar-refractivity contribution in [2.45, 2.75) is 13.2 Å². The van der Waals surface area contributed by atoms with Crippen LogP contribution in [0.5, 0.6) is 0 Å². The van der Waals surface area contributed by atoms with Gasteiger partial charge in [0, 0.05) is 5.56 Å². The maximum Gasteiger partial charge on any atom is 0.344 e. The normalized spacial score (nSPS) is 15.4. The Hall–Kier alpha value is -3.68. The van der Waals surface area contributed by atoms with E-state index in [1.165, 1.54) is 6.26 Å². The smallest absolute Gasteiger partial charge is 0.344 e. The molecule has 0 fully saturated rings. The first-order valence-corrected chi connectivity index (χ1v) is 7.83. The number of nitrogens with one attached hydrogen (secondary N) is 1. The van der Waals surface area contributed by atoms with Gasteiger partial charge in [0.15, 0.2) is 5.76 Å². The van der Waals surface area contributed by atoms with Crippen molar-refractivity contribution in [2.24, 2.45) is 0 Å². The number of nitrogens with zero attached hydrogens (tertiary/aromatic N) is 2. The Morgan fingerprint density at radius 3 is 2.73 bits per heavy atom. The van der Waals surface area contributed by atoms with Gasteiger partial charge in [-0.05, 0) is 30.7 Å². The van der Waals surface area contributed by atoms with Crippen molar-refractivity contribution in [3.05, 3.63) is 65.0 Å². The SMILES string of the molecule is Cc1ccccc1C(=O)NC1OC(=O)c2c(-c3ccco3)nc(N)nc21. The van der Waals surface area contributed by atoms with Crippen LogP contribution in [0.15, 0.2) is 47.1 Å². The maximum absolute atomic E-state index is 12.5. The molecule has 1 atom stereocenters. The largest absolute Gasteiger partial charge is 0.463 e. The van der Waals surface area contributed by atoms with E-state index in [-0.39, 0.29) is 28.8 Å². The molecule has 8 nitrogen and oxygen atoms in total. The predicted octanol–water partition coefficient (Wildman–Crippen LogP) is 2.23. The van der Waals surface area contributed by atoms with Crippen molar-refractivity contribution in [2.75, 3.05) is 5.73 Å². The fourth-order valence-electron chi connectivity index (χ4n) is 2.82. The Balaban J connectivity index is 1.72. The van der Waals surface area contributed by atoms with Gasteiger partial charge in [0.2, 0.25) is 12.2 Å². The number of cyclic esters (lactones) is 1. The number of hydrogen-bond donors (Lipinski definition) is 2. The summed E-state index contributed by atoms with van der Waals surface area (Å²) < 4.78 is 10.6. The number of nitrogens with two attached hydrogens (primary N) is 1. The van der Waals surface area contributed by atoms with E-state index in [4.69, 9.17) is 14.9 Å². The molecular formula is C18H14N4O4. The molecule has 0 aliphatic carbocycles. The number of benzene rings is 1. The number of amides is 1. The second-order valence-corrected chi connectivity index (χ2v) is 5.74. The van der Waals surface area contributed by atoms with E-state index in [2.05, 4.69) is 15.3 Å². The number of nitrogen functional groups attached to an aromatic ring is 1. The number of rotatable bonds is 3. The van der Waals surface area contributed by atoms with Crippen molar-refractivity contribution in [3.63, 3.8) is 0 Å². The van der Waals surface area contributed by atoms with Crippen molar-refractivity contribution in [1.29, 1.82) is 0 Å². The van der Waals surface area contributed by atoms with Gasteiger partial charge in [0.1, 0.15) is 17.0 Å². The van der Waals surface area contributed by atoms with E-state index in [0.29, 0.717) is 11.3 Å². The average Bonchev–Trinajstić information content (AvgIpc) is 3.24. The first kappa shape index (κ1) is 15.8. The number of ether oxygens (including phenoxy) is 1. The molecule has 2 aromatic heterocycles. The Bertz CT molecular complexity index is 1010. The van der Waals surface area contributed by atoms with Gasteiger partial charge in [-0.15, -0.1) is 0 Å². The van der Waals surface area contributed by atoms with Gasteiger partial charge in [-0.25, -0.2) is 14.8 Å². The fourth-order valence-corrected chi connectivity index (χ4v) is 2.82. The Labute approximate surface area is 148 Å². The molecule has 3 N–H and O–H groups in total. The van der Waals surface area contributed by atoms with E-state index in [1.807, 2.05) is 19.1 Å². The second kappa shape index (κ2) is 5.99. The molecule has 0 saturated carbocycles. The first-order valence-electron chi connectivity index (χ1n) is 7.83. The third kappa shape index (κ3) is 2.57. The molecule has 8 heteroatoms. The van der Waals surface area contributed by atoms with E-state index < -0.39 is 12.2 Å². The van der Waals surface area contributed by atoms with E-state index in [9.17, 15) is 9.59 Å². The van der Waals surface area contributed by atoms with Gasteiger partial charge >= 0.3 is 5.97 Å². The minimum atomic E-state index is -1.05. The number of fused-ring (bicyclic) bond motifs is 1. The number of aromatic nitrogens is 2. The lowest BCUT2D eigenvalue weighted by Gasteiger charge is -2.13. The lowest BCUT2D eigenvalue weighted by Crippen LogP contribution is -2.29. The topological polar surface area (TPSA) is 120 Å². The van der Waals surface area contributed by atoms with Crippen molar-refractivity contribution in [3.8, 4) is 11.5 Å². The molecule has 0 bridgehead atoms. The highest BCUT2D eigenvalue weighted by molar-refractivity contribution is 6.01. The Morgan fingerprint density at radius 2 is 2.00 bits per heavy atom. The summed E-state index contributed by atoms with van der Waals surface area (Å²) in [4.78, 5) is 33.1. The van der Waals surface area contributed by atoms with Crippen LogP contribution in [0.3, 0.4) is 0 Å². The monoisotopic (exact) mass is 350 g/mol. The van der Waals surface area contributed by atoms with Crippen LogP contribution >= 0.6 is 0 Å². The Kier molecular flexibility index (Phi) is 3.65. The van der Waals surface area contributed by atoms with Gasteiger partial charge in [0.05, 0.1) is 6.26 Å². The Morgan fingerprint density at radius 1 is 1.19 bits per heavy atom. The summed E-state index contributed by atoms with van der Waals surface area (Å²) in [5.74, 6) is -0.728. The molecule has 0 radical (unpaired) electrons.